The van der Waals surface area contributed by atoms with Crippen LogP contribution < -0.4 is 9.62 Å². The van der Waals surface area contributed by atoms with Gasteiger partial charge in [-0.25, -0.2) is 8.42 Å². The van der Waals surface area contributed by atoms with E-state index in [-0.39, 0.29) is 4.91 Å². The second-order valence-electron chi connectivity index (χ2n) is 8.07. The van der Waals surface area contributed by atoms with Gasteiger partial charge in [0.1, 0.15) is 0 Å². The Hall–Kier alpha value is -3.52. The van der Waals surface area contributed by atoms with E-state index in [1.807, 2.05) is 48.5 Å². The van der Waals surface area contributed by atoms with Gasteiger partial charge in [-0.3, -0.25) is 9.10 Å². The largest absolute Gasteiger partial charge is 0.320 e. The van der Waals surface area contributed by atoms with Gasteiger partial charge in [-0.15, -0.1) is 0 Å². The maximum Gasteiger partial charge on any atom is 0.270 e. The number of anilines is 2. The highest BCUT2D eigenvalue weighted by Gasteiger charge is 2.40. The first kappa shape index (κ1) is 24.2. The van der Waals surface area contributed by atoms with Gasteiger partial charge in [0.25, 0.3) is 15.9 Å². The first-order valence-corrected chi connectivity index (χ1v) is 13.7. The Bertz CT molecular complexity index is 1590. The van der Waals surface area contributed by atoms with Crippen molar-refractivity contribution >= 4 is 56.2 Å². The number of sulfonamides is 1. The fourth-order valence-corrected chi connectivity index (χ4v) is 6.63. The molecule has 1 aliphatic heterocycles. The van der Waals surface area contributed by atoms with E-state index in [0.717, 1.165) is 14.1 Å². The number of benzene rings is 4. The molecular formula is C28H21ClN2O3S2. The van der Waals surface area contributed by atoms with Crippen molar-refractivity contribution in [3.05, 3.63) is 124 Å². The van der Waals surface area contributed by atoms with Crippen LogP contribution in [-0.2, 0) is 14.8 Å². The van der Waals surface area contributed by atoms with E-state index in [1.165, 1.54) is 18.8 Å². The highest BCUT2D eigenvalue weighted by Crippen LogP contribution is 2.43. The molecule has 0 bridgehead atoms. The molecule has 0 radical (unpaired) electrons. The average molecular weight is 533 g/mol. The quantitative estimate of drug-likeness (QED) is 0.312. The fraction of sp³-hybridized carbons (Fsp3) is 0.0357. The van der Waals surface area contributed by atoms with Crippen LogP contribution >= 0.6 is 23.4 Å². The summed E-state index contributed by atoms with van der Waals surface area (Å²) in [6.07, 6.45) is 0. The number of carbonyl (C=O) groups excluding carboxylic acids is 1. The number of para-hydroxylation sites is 1. The second-order valence-corrected chi connectivity index (χ2v) is 11.5. The smallest absolute Gasteiger partial charge is 0.270 e. The van der Waals surface area contributed by atoms with Crippen LogP contribution in [0.1, 0.15) is 11.1 Å². The van der Waals surface area contributed by atoms with Crippen LogP contribution in [-0.4, -0.2) is 21.4 Å². The fourth-order valence-electron chi connectivity index (χ4n) is 4.08. The Morgan fingerprint density at radius 1 is 0.861 bits per heavy atom. The maximum absolute atomic E-state index is 13.8. The number of fused-ring (bicyclic) bond motifs is 1. The van der Waals surface area contributed by atoms with E-state index >= 15 is 0 Å². The van der Waals surface area contributed by atoms with Crippen LogP contribution in [0.2, 0.25) is 5.02 Å². The Kier molecular flexibility index (Phi) is 6.62. The van der Waals surface area contributed by atoms with Crippen LogP contribution in [0.3, 0.4) is 0 Å². The predicted octanol–water partition coefficient (Wildman–Crippen LogP) is 6.67. The van der Waals surface area contributed by atoms with Crippen molar-refractivity contribution in [2.45, 2.75) is 9.79 Å². The number of nitrogens with zero attached hydrogens (tertiary/aromatic N) is 1. The average Bonchev–Trinajstić information content (AvgIpc) is 2.88. The SMILES string of the molecule is CN1c2ccc(Cl)cc2C(c2ccccc2)=C(C(=O)Nc2ccccc2Sc2ccccc2)S1(=O)=O. The van der Waals surface area contributed by atoms with Crippen LogP contribution in [0.15, 0.2) is 118 Å². The molecule has 1 aliphatic rings. The van der Waals surface area contributed by atoms with Gasteiger partial charge in [-0.05, 0) is 48.0 Å². The van der Waals surface area contributed by atoms with Crippen molar-refractivity contribution in [2.24, 2.45) is 0 Å². The van der Waals surface area contributed by atoms with Crippen molar-refractivity contribution in [2.75, 3.05) is 16.7 Å². The lowest BCUT2D eigenvalue weighted by atomic mass is 9.95. The molecule has 8 heteroatoms. The molecule has 0 fully saturated rings. The van der Waals surface area contributed by atoms with E-state index in [2.05, 4.69) is 5.32 Å². The molecule has 1 heterocycles. The summed E-state index contributed by atoms with van der Waals surface area (Å²) in [5.41, 5.74) is 2.47. The molecule has 4 aromatic rings. The number of amides is 1. The van der Waals surface area contributed by atoms with Crippen LogP contribution in [0.5, 0.6) is 0 Å². The Morgan fingerprint density at radius 2 is 1.50 bits per heavy atom. The number of hydrogen-bond acceptors (Lipinski definition) is 4. The highest BCUT2D eigenvalue weighted by molar-refractivity contribution is 7.99. The third-order valence-electron chi connectivity index (χ3n) is 5.79. The summed E-state index contributed by atoms with van der Waals surface area (Å²) >= 11 is 7.79. The lowest BCUT2D eigenvalue weighted by molar-refractivity contribution is -0.112. The van der Waals surface area contributed by atoms with E-state index in [4.69, 9.17) is 11.6 Å². The van der Waals surface area contributed by atoms with Crippen molar-refractivity contribution in [3.63, 3.8) is 0 Å². The van der Waals surface area contributed by atoms with Crippen molar-refractivity contribution in [1.82, 2.24) is 0 Å². The molecule has 4 aromatic carbocycles. The summed E-state index contributed by atoms with van der Waals surface area (Å²) < 4.78 is 28.6. The Morgan fingerprint density at radius 3 is 2.22 bits per heavy atom. The van der Waals surface area contributed by atoms with E-state index < -0.39 is 15.9 Å². The third-order valence-corrected chi connectivity index (χ3v) is 8.93. The summed E-state index contributed by atoms with van der Waals surface area (Å²) in [5.74, 6) is -0.715. The minimum atomic E-state index is -4.17. The van der Waals surface area contributed by atoms with Crippen molar-refractivity contribution < 1.29 is 13.2 Å². The number of halogens is 1. The first-order chi connectivity index (χ1) is 17.4. The summed E-state index contributed by atoms with van der Waals surface area (Å²) in [7, 11) is -2.73. The number of rotatable bonds is 5. The summed E-state index contributed by atoms with van der Waals surface area (Å²) in [5, 5.41) is 3.31. The van der Waals surface area contributed by atoms with Gasteiger partial charge in [0.15, 0.2) is 4.91 Å². The molecular weight excluding hydrogens is 512 g/mol. The molecule has 1 N–H and O–H groups in total. The molecule has 0 atom stereocenters. The van der Waals surface area contributed by atoms with Crippen molar-refractivity contribution in [3.8, 4) is 0 Å². The van der Waals surface area contributed by atoms with Crippen LogP contribution in [0.4, 0.5) is 11.4 Å². The van der Waals surface area contributed by atoms with Crippen molar-refractivity contribution in [1.29, 1.82) is 0 Å². The molecule has 36 heavy (non-hydrogen) atoms. The first-order valence-electron chi connectivity index (χ1n) is 11.1. The second kappa shape index (κ2) is 9.85. The standard InChI is InChI=1S/C28H21ClN2O3S2/c1-31-24-17-16-20(29)18-22(24)26(19-10-4-2-5-11-19)27(36(31,33)34)28(32)30-23-14-8-9-15-25(23)35-21-12-6-3-7-13-21/h2-18H,1H3,(H,30,32). The summed E-state index contributed by atoms with van der Waals surface area (Å²) in [4.78, 5) is 15.3. The topological polar surface area (TPSA) is 66.5 Å². The minimum Gasteiger partial charge on any atom is -0.320 e. The normalized spacial score (nSPS) is 14.3. The number of hydrogen-bond donors (Lipinski definition) is 1. The van der Waals surface area contributed by atoms with Gasteiger partial charge in [-0.2, -0.15) is 0 Å². The summed E-state index contributed by atoms with van der Waals surface area (Å²) in [6.45, 7) is 0. The molecule has 0 unspecified atom stereocenters. The molecule has 0 spiro atoms. The van der Waals surface area contributed by atoms with Gasteiger partial charge in [0.05, 0.1) is 11.4 Å². The van der Waals surface area contributed by atoms with E-state index in [9.17, 15) is 13.2 Å². The molecule has 180 valence electrons. The van der Waals surface area contributed by atoms with Gasteiger partial charge in [0.2, 0.25) is 0 Å². The highest BCUT2D eigenvalue weighted by atomic mass is 35.5. The zero-order valence-electron chi connectivity index (χ0n) is 19.2. The lowest BCUT2D eigenvalue weighted by Gasteiger charge is -2.31. The van der Waals surface area contributed by atoms with Crippen LogP contribution in [0.25, 0.3) is 5.57 Å². The Balaban J connectivity index is 1.65. The van der Waals surface area contributed by atoms with Gasteiger partial charge < -0.3 is 5.32 Å². The zero-order valence-corrected chi connectivity index (χ0v) is 21.6. The predicted molar refractivity (Wildman–Crippen MR) is 147 cm³/mol. The van der Waals surface area contributed by atoms with Gasteiger partial charge in [-0.1, -0.05) is 84.0 Å². The molecule has 0 aromatic heterocycles. The third kappa shape index (κ3) is 4.53. The number of carbonyl (C=O) groups is 1. The molecule has 5 nitrogen and oxygen atoms in total. The molecule has 0 saturated carbocycles. The maximum atomic E-state index is 13.8. The number of nitrogens with one attached hydrogen (secondary N) is 1. The minimum absolute atomic E-state index is 0.317. The van der Waals surface area contributed by atoms with E-state index in [0.29, 0.717) is 33.1 Å². The van der Waals surface area contributed by atoms with E-state index in [1.54, 1.807) is 54.6 Å². The molecule has 0 saturated heterocycles. The zero-order chi connectivity index (χ0) is 25.3. The lowest BCUT2D eigenvalue weighted by Crippen LogP contribution is -2.37. The molecule has 1 amide bonds. The Labute approximate surface area is 219 Å². The molecule has 5 rings (SSSR count). The molecule has 0 aliphatic carbocycles. The van der Waals surface area contributed by atoms with Gasteiger partial charge >= 0.3 is 0 Å². The van der Waals surface area contributed by atoms with Gasteiger partial charge in [0, 0.05) is 33.0 Å². The van der Waals surface area contributed by atoms with Crippen LogP contribution in [0, 0.1) is 0 Å². The monoisotopic (exact) mass is 532 g/mol. The summed E-state index contributed by atoms with van der Waals surface area (Å²) in [6, 6.07) is 31.1.